The lowest BCUT2D eigenvalue weighted by atomic mass is 10.1. The van der Waals surface area contributed by atoms with E-state index in [1.807, 2.05) is 19.9 Å². The Morgan fingerprint density at radius 1 is 1.44 bits per heavy atom. The quantitative estimate of drug-likeness (QED) is 0.920. The third-order valence-electron chi connectivity index (χ3n) is 2.70. The molecule has 1 N–H and O–H groups in total. The summed E-state index contributed by atoms with van der Waals surface area (Å²) in [6.45, 7) is 4.38. The van der Waals surface area contributed by atoms with E-state index < -0.39 is 0 Å². The second kappa shape index (κ2) is 5.50. The first-order valence-corrected chi connectivity index (χ1v) is 6.04. The SMILES string of the molecule is Cc1cc(CNC(C)c2ccc(F)cc2Cl)no1. The zero-order valence-corrected chi connectivity index (χ0v) is 11.0. The molecule has 0 aliphatic carbocycles. The molecule has 1 atom stereocenters. The van der Waals surface area contributed by atoms with Crippen LogP contribution in [0.4, 0.5) is 4.39 Å². The number of benzene rings is 1. The van der Waals surface area contributed by atoms with E-state index in [4.69, 9.17) is 16.1 Å². The Morgan fingerprint density at radius 3 is 2.83 bits per heavy atom. The van der Waals surface area contributed by atoms with Gasteiger partial charge in [-0.05, 0) is 31.5 Å². The Kier molecular flexibility index (Phi) is 3.99. The number of aromatic nitrogens is 1. The van der Waals surface area contributed by atoms with Gasteiger partial charge in [-0.3, -0.25) is 0 Å². The van der Waals surface area contributed by atoms with Crippen LogP contribution in [0.1, 0.15) is 30.0 Å². The average Bonchev–Trinajstić information content (AvgIpc) is 2.72. The summed E-state index contributed by atoms with van der Waals surface area (Å²) in [5, 5.41) is 7.57. The fourth-order valence-electron chi connectivity index (χ4n) is 1.72. The molecule has 2 aromatic rings. The average molecular weight is 269 g/mol. The molecule has 0 fully saturated rings. The van der Waals surface area contributed by atoms with Gasteiger partial charge in [-0.15, -0.1) is 0 Å². The third-order valence-corrected chi connectivity index (χ3v) is 3.02. The van der Waals surface area contributed by atoms with Crippen molar-refractivity contribution in [2.75, 3.05) is 0 Å². The molecule has 96 valence electrons. The second-order valence-corrected chi connectivity index (χ2v) is 4.60. The smallest absolute Gasteiger partial charge is 0.133 e. The molecule has 0 saturated carbocycles. The van der Waals surface area contributed by atoms with Crippen molar-refractivity contribution in [3.8, 4) is 0 Å². The summed E-state index contributed by atoms with van der Waals surface area (Å²) in [4.78, 5) is 0. The van der Waals surface area contributed by atoms with Gasteiger partial charge < -0.3 is 9.84 Å². The Bertz CT molecular complexity index is 542. The summed E-state index contributed by atoms with van der Waals surface area (Å²) in [5.41, 5.74) is 1.69. The molecule has 2 rings (SSSR count). The molecule has 1 aromatic carbocycles. The van der Waals surface area contributed by atoms with Gasteiger partial charge in [0.2, 0.25) is 0 Å². The first-order chi connectivity index (χ1) is 8.56. The van der Waals surface area contributed by atoms with E-state index in [1.165, 1.54) is 12.1 Å². The maximum Gasteiger partial charge on any atom is 0.133 e. The van der Waals surface area contributed by atoms with E-state index in [9.17, 15) is 4.39 Å². The molecule has 3 nitrogen and oxygen atoms in total. The van der Waals surface area contributed by atoms with Crippen LogP contribution in [0.15, 0.2) is 28.8 Å². The van der Waals surface area contributed by atoms with Gasteiger partial charge in [-0.25, -0.2) is 4.39 Å². The van der Waals surface area contributed by atoms with Gasteiger partial charge in [0.05, 0.1) is 5.69 Å². The fourth-order valence-corrected chi connectivity index (χ4v) is 2.05. The number of nitrogens with one attached hydrogen (secondary N) is 1. The van der Waals surface area contributed by atoms with Crippen LogP contribution in [0, 0.1) is 12.7 Å². The highest BCUT2D eigenvalue weighted by molar-refractivity contribution is 6.31. The summed E-state index contributed by atoms with van der Waals surface area (Å²) < 4.78 is 17.9. The molecule has 0 aliphatic heterocycles. The molecule has 0 amide bonds. The first kappa shape index (κ1) is 13.1. The van der Waals surface area contributed by atoms with Gasteiger partial charge in [0.25, 0.3) is 0 Å². The van der Waals surface area contributed by atoms with Crippen LogP contribution in [0.3, 0.4) is 0 Å². The van der Waals surface area contributed by atoms with Gasteiger partial charge in [0, 0.05) is 23.7 Å². The number of hydrogen-bond donors (Lipinski definition) is 1. The van der Waals surface area contributed by atoms with E-state index in [-0.39, 0.29) is 11.9 Å². The molecular formula is C13H14ClFN2O. The normalized spacial score (nSPS) is 12.7. The summed E-state index contributed by atoms with van der Waals surface area (Å²) in [7, 11) is 0. The molecule has 0 radical (unpaired) electrons. The molecule has 0 aliphatic rings. The Morgan fingerprint density at radius 2 is 2.22 bits per heavy atom. The molecule has 1 heterocycles. The minimum Gasteiger partial charge on any atom is -0.361 e. The molecular weight excluding hydrogens is 255 g/mol. The van der Waals surface area contributed by atoms with Crippen molar-refractivity contribution in [2.24, 2.45) is 0 Å². The van der Waals surface area contributed by atoms with Crippen LogP contribution >= 0.6 is 11.6 Å². The number of hydrogen-bond acceptors (Lipinski definition) is 3. The van der Waals surface area contributed by atoms with Gasteiger partial charge in [0.1, 0.15) is 11.6 Å². The van der Waals surface area contributed by atoms with E-state index >= 15 is 0 Å². The molecule has 1 aromatic heterocycles. The van der Waals surface area contributed by atoms with E-state index in [0.717, 1.165) is 17.0 Å². The summed E-state index contributed by atoms with van der Waals surface area (Å²) in [5.74, 6) is 0.447. The number of rotatable bonds is 4. The Hall–Kier alpha value is -1.39. The van der Waals surface area contributed by atoms with Gasteiger partial charge in [-0.1, -0.05) is 22.8 Å². The van der Waals surface area contributed by atoms with Crippen molar-refractivity contribution in [3.05, 3.63) is 52.1 Å². The number of nitrogens with zero attached hydrogens (tertiary/aromatic N) is 1. The standard InChI is InChI=1S/C13H14ClFN2O/c1-8-5-11(17-18-8)7-16-9(2)12-4-3-10(15)6-13(12)14/h3-6,9,16H,7H2,1-2H3. The minimum absolute atomic E-state index is 0.00936. The number of aryl methyl sites for hydroxylation is 1. The molecule has 0 saturated heterocycles. The van der Waals surface area contributed by atoms with Crippen molar-refractivity contribution >= 4 is 11.6 Å². The lowest BCUT2D eigenvalue weighted by Crippen LogP contribution is -2.18. The zero-order valence-electron chi connectivity index (χ0n) is 10.2. The second-order valence-electron chi connectivity index (χ2n) is 4.20. The lowest BCUT2D eigenvalue weighted by molar-refractivity contribution is 0.386. The van der Waals surface area contributed by atoms with Crippen molar-refractivity contribution in [1.82, 2.24) is 10.5 Å². The molecule has 0 bridgehead atoms. The van der Waals surface area contributed by atoms with Gasteiger partial charge in [-0.2, -0.15) is 0 Å². The van der Waals surface area contributed by atoms with E-state index in [2.05, 4.69) is 10.5 Å². The van der Waals surface area contributed by atoms with E-state index in [1.54, 1.807) is 6.07 Å². The summed E-state index contributed by atoms with van der Waals surface area (Å²) >= 11 is 6.00. The zero-order chi connectivity index (χ0) is 13.1. The van der Waals surface area contributed by atoms with Gasteiger partial charge >= 0.3 is 0 Å². The highest BCUT2D eigenvalue weighted by Crippen LogP contribution is 2.23. The predicted molar refractivity (Wildman–Crippen MR) is 67.9 cm³/mol. The van der Waals surface area contributed by atoms with E-state index in [0.29, 0.717) is 11.6 Å². The van der Waals surface area contributed by atoms with Crippen LogP contribution < -0.4 is 5.32 Å². The molecule has 18 heavy (non-hydrogen) atoms. The predicted octanol–water partition coefficient (Wildman–Crippen LogP) is 3.63. The monoisotopic (exact) mass is 268 g/mol. The minimum atomic E-state index is -0.330. The van der Waals surface area contributed by atoms with Crippen molar-refractivity contribution in [1.29, 1.82) is 0 Å². The summed E-state index contributed by atoms with van der Waals surface area (Å²) in [6, 6.07) is 6.28. The van der Waals surface area contributed by atoms with Crippen LogP contribution in [-0.2, 0) is 6.54 Å². The van der Waals surface area contributed by atoms with Crippen LogP contribution in [-0.4, -0.2) is 5.16 Å². The molecule has 5 heteroatoms. The third kappa shape index (κ3) is 3.09. The topological polar surface area (TPSA) is 38.1 Å². The fraction of sp³-hybridized carbons (Fsp3) is 0.308. The Balaban J connectivity index is 2.01. The first-order valence-electron chi connectivity index (χ1n) is 5.67. The summed E-state index contributed by atoms with van der Waals surface area (Å²) in [6.07, 6.45) is 0. The highest BCUT2D eigenvalue weighted by atomic mass is 35.5. The maximum absolute atomic E-state index is 12.9. The van der Waals surface area contributed by atoms with Crippen LogP contribution in [0.5, 0.6) is 0 Å². The van der Waals surface area contributed by atoms with Crippen molar-refractivity contribution in [2.45, 2.75) is 26.4 Å². The maximum atomic E-state index is 12.9. The van der Waals surface area contributed by atoms with Crippen LogP contribution in [0.25, 0.3) is 0 Å². The lowest BCUT2D eigenvalue weighted by Gasteiger charge is -2.14. The van der Waals surface area contributed by atoms with Crippen LogP contribution in [0.2, 0.25) is 5.02 Å². The van der Waals surface area contributed by atoms with Crippen molar-refractivity contribution < 1.29 is 8.91 Å². The highest BCUT2D eigenvalue weighted by Gasteiger charge is 2.10. The molecule has 0 spiro atoms. The Labute approximate surface area is 110 Å². The number of halogens is 2. The van der Waals surface area contributed by atoms with Crippen molar-refractivity contribution in [3.63, 3.8) is 0 Å². The van der Waals surface area contributed by atoms with Gasteiger partial charge in [0.15, 0.2) is 0 Å². The largest absolute Gasteiger partial charge is 0.361 e. The molecule has 1 unspecified atom stereocenters.